The van der Waals surface area contributed by atoms with Gasteiger partial charge in [0.25, 0.3) is 0 Å². The molecule has 0 bridgehead atoms. The lowest BCUT2D eigenvalue weighted by atomic mass is 9.90. The summed E-state index contributed by atoms with van der Waals surface area (Å²) in [6.07, 6.45) is 5.54. The van der Waals surface area contributed by atoms with E-state index in [1.165, 1.54) is 31.4 Å². The van der Waals surface area contributed by atoms with Crippen molar-refractivity contribution in [2.75, 3.05) is 13.2 Å². The number of nitrogens with zero attached hydrogens (tertiary/aromatic N) is 1. The molecule has 2 aromatic rings. The van der Waals surface area contributed by atoms with Gasteiger partial charge in [-0.2, -0.15) is 4.31 Å². The van der Waals surface area contributed by atoms with Crippen LogP contribution >= 0.6 is 11.6 Å². The van der Waals surface area contributed by atoms with Crippen LogP contribution < -0.4 is 9.47 Å². The minimum absolute atomic E-state index is 0.0332. The zero-order valence-electron chi connectivity index (χ0n) is 18.2. The van der Waals surface area contributed by atoms with Crippen LogP contribution in [0.25, 0.3) is 0 Å². The lowest BCUT2D eigenvalue weighted by molar-refractivity contribution is -0.140. The van der Waals surface area contributed by atoms with Gasteiger partial charge in [-0.05, 0) is 67.3 Å². The van der Waals surface area contributed by atoms with Crippen LogP contribution in [0, 0.1) is 5.92 Å². The van der Waals surface area contributed by atoms with Crippen molar-refractivity contribution in [3.63, 3.8) is 0 Å². The van der Waals surface area contributed by atoms with Gasteiger partial charge in [0.15, 0.2) is 0 Å². The first-order valence-electron chi connectivity index (χ1n) is 11.2. The summed E-state index contributed by atoms with van der Waals surface area (Å²) >= 11 is 5.88. The van der Waals surface area contributed by atoms with Crippen molar-refractivity contribution in [2.24, 2.45) is 5.92 Å². The van der Waals surface area contributed by atoms with Gasteiger partial charge in [0.05, 0.1) is 18.0 Å². The van der Waals surface area contributed by atoms with Gasteiger partial charge < -0.3 is 14.6 Å². The quantitative estimate of drug-likeness (QED) is 0.578. The Morgan fingerprint density at radius 3 is 2.27 bits per heavy atom. The summed E-state index contributed by atoms with van der Waals surface area (Å²) in [6, 6.07) is 11.7. The number of carbonyl (C=O) groups is 1. The topological polar surface area (TPSA) is 93.1 Å². The average molecular weight is 494 g/mol. The monoisotopic (exact) mass is 493 g/mol. The average Bonchev–Trinajstić information content (AvgIpc) is 3.25. The Kier molecular flexibility index (Phi) is 7.46. The fourth-order valence-corrected chi connectivity index (χ4v) is 6.21. The number of carboxylic acid groups (broad SMARTS) is 1. The van der Waals surface area contributed by atoms with Crippen molar-refractivity contribution in [3.8, 4) is 11.5 Å². The summed E-state index contributed by atoms with van der Waals surface area (Å²) in [4.78, 5) is 11.9. The van der Waals surface area contributed by atoms with Gasteiger partial charge in [0.1, 0.15) is 23.6 Å². The van der Waals surface area contributed by atoms with E-state index >= 15 is 0 Å². The molecule has 2 fully saturated rings. The van der Waals surface area contributed by atoms with Crippen LogP contribution in [-0.4, -0.2) is 49.1 Å². The van der Waals surface area contributed by atoms with Crippen LogP contribution in [0.15, 0.2) is 53.4 Å². The van der Waals surface area contributed by atoms with E-state index in [9.17, 15) is 18.3 Å². The van der Waals surface area contributed by atoms with Gasteiger partial charge in [0, 0.05) is 11.4 Å². The highest BCUT2D eigenvalue weighted by Gasteiger charge is 2.45. The number of aliphatic carboxylic acids is 1. The zero-order chi connectivity index (χ0) is 23.4. The molecule has 1 aliphatic heterocycles. The fraction of sp³-hybridized carbons (Fsp3) is 0.458. The Morgan fingerprint density at radius 2 is 1.64 bits per heavy atom. The summed E-state index contributed by atoms with van der Waals surface area (Å²) < 4.78 is 39.2. The number of sulfonamides is 1. The molecule has 2 aromatic carbocycles. The molecular weight excluding hydrogens is 466 g/mol. The molecule has 7 nitrogen and oxygen atoms in total. The smallest absolute Gasteiger partial charge is 0.322 e. The van der Waals surface area contributed by atoms with E-state index in [-0.39, 0.29) is 17.9 Å². The Balaban J connectivity index is 1.43. The summed E-state index contributed by atoms with van der Waals surface area (Å²) in [5, 5.41) is 10.2. The highest BCUT2D eigenvalue weighted by molar-refractivity contribution is 7.89. The highest BCUT2D eigenvalue weighted by atomic mass is 35.5. The third kappa shape index (κ3) is 5.80. The lowest BCUT2D eigenvalue weighted by Crippen LogP contribution is -2.40. The molecule has 1 heterocycles. The maximum Gasteiger partial charge on any atom is 0.322 e. The predicted molar refractivity (Wildman–Crippen MR) is 124 cm³/mol. The molecule has 1 aliphatic carbocycles. The summed E-state index contributed by atoms with van der Waals surface area (Å²) in [6.45, 7) is 0.574. The molecule has 0 aromatic heterocycles. The molecule has 1 N–H and O–H groups in total. The Hall–Kier alpha value is -2.29. The second kappa shape index (κ2) is 10.3. The van der Waals surface area contributed by atoms with Gasteiger partial charge in [-0.15, -0.1) is 0 Å². The van der Waals surface area contributed by atoms with Crippen LogP contribution in [0.1, 0.15) is 38.5 Å². The summed E-state index contributed by atoms with van der Waals surface area (Å²) in [5.41, 5.74) is 0. The molecule has 0 radical (unpaired) electrons. The van der Waals surface area contributed by atoms with Crippen molar-refractivity contribution in [1.82, 2.24) is 4.31 Å². The van der Waals surface area contributed by atoms with Crippen LogP contribution in [0.3, 0.4) is 0 Å². The van der Waals surface area contributed by atoms with E-state index in [4.69, 9.17) is 21.1 Å². The molecule has 178 valence electrons. The highest BCUT2D eigenvalue weighted by Crippen LogP contribution is 2.31. The molecule has 2 aliphatic rings. The molecule has 0 unspecified atom stereocenters. The summed E-state index contributed by atoms with van der Waals surface area (Å²) in [7, 11) is -4.02. The Bertz CT molecular complexity index is 1050. The third-order valence-electron chi connectivity index (χ3n) is 6.26. The molecular formula is C24H28ClNO6S. The first kappa shape index (κ1) is 23.9. The number of rotatable bonds is 8. The number of benzene rings is 2. The SMILES string of the molecule is O=C(O)[C@@H]1C[C@H](Oc2ccc(Cl)cc2)CN1S(=O)(=O)c1ccc(OCC2CCCCC2)cc1. The molecule has 0 amide bonds. The molecule has 9 heteroatoms. The van der Waals surface area contributed by atoms with Gasteiger partial charge in [-0.25, -0.2) is 8.42 Å². The number of ether oxygens (including phenoxy) is 2. The van der Waals surface area contributed by atoms with Gasteiger partial charge >= 0.3 is 5.97 Å². The lowest BCUT2D eigenvalue weighted by Gasteiger charge is -2.22. The van der Waals surface area contributed by atoms with Crippen LogP contribution in [0.5, 0.6) is 11.5 Å². The van der Waals surface area contributed by atoms with E-state index in [0.29, 0.717) is 29.0 Å². The van der Waals surface area contributed by atoms with Crippen LogP contribution in [-0.2, 0) is 14.8 Å². The first-order valence-corrected chi connectivity index (χ1v) is 13.0. The summed E-state index contributed by atoms with van der Waals surface area (Å²) in [5.74, 6) is 0.459. The van der Waals surface area contributed by atoms with Crippen molar-refractivity contribution >= 4 is 27.6 Å². The number of hydrogen-bond donors (Lipinski definition) is 1. The van der Waals surface area contributed by atoms with Crippen LogP contribution in [0.2, 0.25) is 5.02 Å². The predicted octanol–water partition coefficient (Wildman–Crippen LogP) is 4.59. The van der Waals surface area contributed by atoms with E-state index in [1.54, 1.807) is 36.4 Å². The van der Waals surface area contributed by atoms with Gasteiger partial charge in [-0.1, -0.05) is 30.9 Å². The number of halogens is 1. The Morgan fingerprint density at radius 1 is 1.00 bits per heavy atom. The molecule has 0 spiro atoms. The van der Waals surface area contributed by atoms with E-state index in [2.05, 4.69) is 0 Å². The van der Waals surface area contributed by atoms with Crippen molar-refractivity contribution < 1.29 is 27.8 Å². The van der Waals surface area contributed by atoms with E-state index < -0.39 is 28.1 Å². The molecule has 33 heavy (non-hydrogen) atoms. The maximum absolute atomic E-state index is 13.3. The van der Waals surface area contributed by atoms with Crippen molar-refractivity contribution in [2.45, 2.75) is 55.6 Å². The first-order chi connectivity index (χ1) is 15.8. The fourth-order valence-electron chi connectivity index (χ4n) is 4.46. The number of carboxylic acids is 1. The minimum atomic E-state index is -4.02. The van der Waals surface area contributed by atoms with E-state index in [1.807, 2.05) is 0 Å². The van der Waals surface area contributed by atoms with E-state index in [0.717, 1.165) is 17.1 Å². The second-order valence-corrected chi connectivity index (χ2v) is 11.0. The molecule has 2 atom stereocenters. The molecule has 1 saturated carbocycles. The minimum Gasteiger partial charge on any atom is -0.493 e. The molecule has 4 rings (SSSR count). The standard InChI is InChI=1S/C24H28ClNO6S/c25-18-6-8-20(9-7-18)32-21-14-23(24(27)28)26(15-21)33(29,30)22-12-10-19(11-13-22)31-16-17-4-2-1-3-5-17/h6-13,17,21,23H,1-5,14-16H2,(H,27,28)/t21-,23-/m0/s1. The molecule has 1 saturated heterocycles. The maximum atomic E-state index is 13.3. The Labute approximate surface area is 199 Å². The van der Waals surface area contributed by atoms with Crippen molar-refractivity contribution in [1.29, 1.82) is 0 Å². The zero-order valence-corrected chi connectivity index (χ0v) is 19.8. The second-order valence-electron chi connectivity index (χ2n) is 8.64. The normalized spacial score (nSPS) is 22.2. The largest absolute Gasteiger partial charge is 0.493 e. The number of hydrogen-bond acceptors (Lipinski definition) is 5. The van der Waals surface area contributed by atoms with Gasteiger partial charge in [-0.3, -0.25) is 4.79 Å². The van der Waals surface area contributed by atoms with Crippen molar-refractivity contribution in [3.05, 3.63) is 53.6 Å². The third-order valence-corrected chi connectivity index (χ3v) is 8.40. The van der Waals surface area contributed by atoms with Crippen LogP contribution in [0.4, 0.5) is 0 Å². The van der Waals surface area contributed by atoms with Gasteiger partial charge in [0.2, 0.25) is 10.0 Å².